The summed E-state index contributed by atoms with van der Waals surface area (Å²) >= 11 is 6.53. The molecule has 2 N–H and O–H groups in total. The van der Waals surface area contributed by atoms with E-state index in [1.165, 1.54) is 19.4 Å². The number of likely N-dealkylation sites (N-methyl/N-ethyl adjacent to an activating group) is 1. The number of guanidine groups is 1. The molecule has 0 spiro atoms. The Morgan fingerprint density at radius 1 is 1.25 bits per heavy atom. The third-order valence-corrected chi connectivity index (χ3v) is 6.19. The van der Waals surface area contributed by atoms with E-state index < -0.39 is 0 Å². The van der Waals surface area contributed by atoms with Crippen molar-refractivity contribution in [3.05, 3.63) is 34.9 Å². The van der Waals surface area contributed by atoms with E-state index >= 15 is 0 Å². The second kappa shape index (κ2) is 11.0. The number of hydrogen-bond donors (Lipinski definition) is 2. The van der Waals surface area contributed by atoms with Crippen molar-refractivity contribution in [3.8, 4) is 0 Å². The van der Waals surface area contributed by atoms with Gasteiger partial charge in [-0.05, 0) is 37.6 Å². The van der Waals surface area contributed by atoms with Gasteiger partial charge < -0.3 is 15.4 Å². The molecular weight excluding hydrogens is 374 g/mol. The Hall–Kier alpha value is -1.34. The van der Waals surface area contributed by atoms with Crippen LogP contribution in [0.3, 0.4) is 0 Å². The highest BCUT2D eigenvalue weighted by Crippen LogP contribution is 2.27. The minimum atomic E-state index is 0.190. The average Bonchev–Trinajstić information content (AvgIpc) is 3.20. The van der Waals surface area contributed by atoms with Crippen molar-refractivity contribution >= 4 is 17.6 Å². The van der Waals surface area contributed by atoms with E-state index in [1.807, 2.05) is 19.2 Å². The molecule has 1 aromatic rings. The Morgan fingerprint density at radius 2 is 2.04 bits per heavy atom. The van der Waals surface area contributed by atoms with Gasteiger partial charge in [-0.25, -0.2) is 0 Å². The van der Waals surface area contributed by atoms with Crippen LogP contribution in [0, 0.1) is 0 Å². The van der Waals surface area contributed by atoms with Gasteiger partial charge in [-0.3, -0.25) is 14.8 Å². The molecule has 3 rings (SSSR count). The standard InChI is InChI=1S/C21H34ClN5O/c1-3-26-10-6-7-17(26)15-24-21(23-2)25-16-20(27-11-13-28-14-12-27)18-8-4-5-9-19(18)22/h4-5,8-9,17,20H,3,6-7,10-16H2,1-2H3,(H2,23,24,25). The van der Waals surface area contributed by atoms with Crippen LogP contribution < -0.4 is 10.6 Å². The average molecular weight is 408 g/mol. The Bertz CT molecular complexity index is 635. The van der Waals surface area contributed by atoms with Crippen molar-refractivity contribution in [2.45, 2.75) is 31.8 Å². The Kier molecular flexibility index (Phi) is 8.40. The molecule has 1 aromatic carbocycles. The first kappa shape index (κ1) is 21.4. The molecule has 0 saturated carbocycles. The Labute approximate surface area is 174 Å². The minimum absolute atomic E-state index is 0.190. The van der Waals surface area contributed by atoms with E-state index in [4.69, 9.17) is 16.3 Å². The number of aliphatic imine (C=N–C) groups is 1. The molecule has 0 bridgehead atoms. The van der Waals surface area contributed by atoms with Gasteiger partial charge in [0.15, 0.2) is 5.96 Å². The van der Waals surface area contributed by atoms with Crippen molar-refractivity contribution in [2.24, 2.45) is 4.99 Å². The molecule has 2 fully saturated rings. The highest BCUT2D eigenvalue weighted by Gasteiger charge is 2.25. The highest BCUT2D eigenvalue weighted by molar-refractivity contribution is 6.31. The molecule has 2 unspecified atom stereocenters. The van der Waals surface area contributed by atoms with Crippen LogP contribution >= 0.6 is 11.6 Å². The summed E-state index contributed by atoms with van der Waals surface area (Å²) in [7, 11) is 1.83. The van der Waals surface area contributed by atoms with Gasteiger partial charge in [0.25, 0.3) is 0 Å². The van der Waals surface area contributed by atoms with E-state index in [0.29, 0.717) is 6.04 Å². The monoisotopic (exact) mass is 407 g/mol. The van der Waals surface area contributed by atoms with Crippen LogP contribution in [0.25, 0.3) is 0 Å². The van der Waals surface area contributed by atoms with Crippen molar-refractivity contribution < 1.29 is 4.74 Å². The van der Waals surface area contributed by atoms with E-state index in [1.54, 1.807) is 0 Å². The molecule has 28 heavy (non-hydrogen) atoms. The Morgan fingerprint density at radius 3 is 2.75 bits per heavy atom. The number of benzene rings is 1. The van der Waals surface area contributed by atoms with Crippen molar-refractivity contribution in [1.82, 2.24) is 20.4 Å². The molecular formula is C21H34ClN5O. The zero-order chi connectivity index (χ0) is 19.8. The van der Waals surface area contributed by atoms with Gasteiger partial charge in [-0.15, -0.1) is 0 Å². The van der Waals surface area contributed by atoms with Crippen molar-refractivity contribution in [3.63, 3.8) is 0 Å². The van der Waals surface area contributed by atoms with Gasteiger partial charge in [-0.1, -0.05) is 36.7 Å². The van der Waals surface area contributed by atoms with Gasteiger partial charge in [0.1, 0.15) is 0 Å². The number of halogens is 1. The normalized spacial score (nSPS) is 23.0. The first-order chi connectivity index (χ1) is 13.7. The lowest BCUT2D eigenvalue weighted by Crippen LogP contribution is -2.48. The quantitative estimate of drug-likeness (QED) is 0.536. The zero-order valence-electron chi connectivity index (χ0n) is 17.2. The molecule has 6 nitrogen and oxygen atoms in total. The predicted octanol–water partition coefficient (Wildman–Crippen LogP) is 2.36. The molecule has 0 radical (unpaired) electrons. The second-order valence-corrected chi connectivity index (χ2v) is 7.85. The van der Waals surface area contributed by atoms with E-state index in [2.05, 4.69) is 44.5 Å². The molecule has 2 aliphatic heterocycles. The number of likely N-dealkylation sites (tertiary alicyclic amines) is 1. The molecule has 156 valence electrons. The predicted molar refractivity (Wildman–Crippen MR) is 116 cm³/mol. The van der Waals surface area contributed by atoms with Crippen LogP contribution in [0.1, 0.15) is 31.4 Å². The van der Waals surface area contributed by atoms with Gasteiger partial charge >= 0.3 is 0 Å². The van der Waals surface area contributed by atoms with Crippen LogP contribution in [0.2, 0.25) is 5.02 Å². The van der Waals surface area contributed by atoms with Gasteiger partial charge in [0.2, 0.25) is 0 Å². The first-order valence-corrected chi connectivity index (χ1v) is 10.9. The zero-order valence-corrected chi connectivity index (χ0v) is 17.9. The largest absolute Gasteiger partial charge is 0.379 e. The van der Waals surface area contributed by atoms with Crippen LogP contribution in [0.4, 0.5) is 0 Å². The number of morpholine rings is 1. The van der Waals surface area contributed by atoms with Gasteiger partial charge in [-0.2, -0.15) is 0 Å². The summed E-state index contributed by atoms with van der Waals surface area (Å²) in [6.45, 7) is 9.61. The Balaban J connectivity index is 1.60. The fourth-order valence-electron chi connectivity index (χ4n) is 4.24. The molecule has 0 aromatic heterocycles. The smallest absolute Gasteiger partial charge is 0.191 e. The van der Waals surface area contributed by atoms with E-state index in [-0.39, 0.29) is 6.04 Å². The molecule has 2 heterocycles. The summed E-state index contributed by atoms with van der Waals surface area (Å²) in [5, 5.41) is 7.86. The van der Waals surface area contributed by atoms with E-state index in [0.717, 1.165) is 62.5 Å². The van der Waals surface area contributed by atoms with Crippen LogP contribution in [-0.4, -0.2) is 81.3 Å². The summed E-state index contributed by atoms with van der Waals surface area (Å²) < 4.78 is 5.54. The summed E-state index contributed by atoms with van der Waals surface area (Å²) in [4.78, 5) is 9.42. The number of ether oxygens (including phenoxy) is 1. The summed E-state index contributed by atoms with van der Waals surface area (Å²) in [5.74, 6) is 0.855. The van der Waals surface area contributed by atoms with Crippen molar-refractivity contribution in [1.29, 1.82) is 0 Å². The summed E-state index contributed by atoms with van der Waals surface area (Å²) in [6.07, 6.45) is 2.55. The fourth-order valence-corrected chi connectivity index (χ4v) is 4.50. The molecule has 0 amide bonds. The van der Waals surface area contributed by atoms with Crippen LogP contribution in [0.15, 0.2) is 29.3 Å². The number of nitrogens with one attached hydrogen (secondary N) is 2. The molecule has 2 atom stereocenters. The number of hydrogen-bond acceptors (Lipinski definition) is 4. The van der Waals surface area contributed by atoms with Crippen molar-refractivity contribution in [2.75, 3.05) is 59.5 Å². The lowest BCUT2D eigenvalue weighted by molar-refractivity contribution is 0.0170. The number of rotatable bonds is 7. The van der Waals surface area contributed by atoms with Crippen LogP contribution in [0.5, 0.6) is 0 Å². The third-order valence-electron chi connectivity index (χ3n) is 5.85. The van der Waals surface area contributed by atoms with Gasteiger partial charge in [0, 0.05) is 44.3 Å². The fraction of sp³-hybridized carbons (Fsp3) is 0.667. The maximum Gasteiger partial charge on any atom is 0.191 e. The summed E-state index contributed by atoms with van der Waals surface area (Å²) in [6, 6.07) is 8.92. The minimum Gasteiger partial charge on any atom is -0.379 e. The summed E-state index contributed by atoms with van der Waals surface area (Å²) in [5.41, 5.74) is 1.15. The van der Waals surface area contributed by atoms with Gasteiger partial charge in [0.05, 0.1) is 19.3 Å². The van der Waals surface area contributed by atoms with E-state index in [9.17, 15) is 0 Å². The molecule has 2 aliphatic rings. The number of nitrogens with zero attached hydrogens (tertiary/aromatic N) is 3. The first-order valence-electron chi connectivity index (χ1n) is 10.5. The molecule has 2 saturated heterocycles. The topological polar surface area (TPSA) is 52.1 Å². The lowest BCUT2D eigenvalue weighted by Gasteiger charge is -2.35. The maximum atomic E-state index is 6.53. The molecule has 0 aliphatic carbocycles. The molecule has 7 heteroatoms. The lowest BCUT2D eigenvalue weighted by atomic mass is 10.0. The highest BCUT2D eigenvalue weighted by atomic mass is 35.5. The third kappa shape index (κ3) is 5.60. The maximum absolute atomic E-state index is 6.53. The SMILES string of the molecule is CCN1CCCC1CNC(=NC)NCC(c1ccccc1Cl)N1CCOCC1. The second-order valence-electron chi connectivity index (χ2n) is 7.44. The van der Waals surface area contributed by atoms with Crippen LogP contribution in [-0.2, 0) is 4.74 Å².